The smallest absolute Gasteiger partial charge is 0.234 e. The zero-order valence-electron chi connectivity index (χ0n) is 9.28. The van der Waals surface area contributed by atoms with E-state index in [2.05, 4.69) is 5.32 Å². The molecule has 1 spiro atoms. The average Bonchev–Trinajstić information content (AvgIpc) is 2.49. The third-order valence-electron chi connectivity index (χ3n) is 3.36. The molecule has 1 N–H and O–H groups in total. The second-order valence-electron chi connectivity index (χ2n) is 4.74. The van der Waals surface area contributed by atoms with Crippen LogP contribution in [0.3, 0.4) is 0 Å². The Kier molecular flexibility index (Phi) is 2.73. The molecule has 0 aliphatic carbocycles. The molecule has 4 nitrogen and oxygen atoms in total. The van der Waals surface area contributed by atoms with Crippen LogP contribution in [-0.4, -0.2) is 40.8 Å². The maximum atomic E-state index is 11.7. The maximum absolute atomic E-state index is 11.7. The van der Waals surface area contributed by atoms with Gasteiger partial charge in [-0.2, -0.15) is 0 Å². The Balaban J connectivity index is 2.03. The van der Waals surface area contributed by atoms with Gasteiger partial charge < -0.3 is 15.2 Å². The summed E-state index contributed by atoms with van der Waals surface area (Å²) in [7, 11) is 1.71. The fourth-order valence-electron chi connectivity index (χ4n) is 2.24. The normalized spacial score (nSPS) is 45.8. The van der Waals surface area contributed by atoms with Crippen LogP contribution in [0.1, 0.15) is 26.2 Å². The van der Waals surface area contributed by atoms with Gasteiger partial charge in [0, 0.05) is 12.8 Å². The van der Waals surface area contributed by atoms with Gasteiger partial charge in [0.1, 0.15) is 0 Å². The summed E-state index contributed by atoms with van der Waals surface area (Å²) in [5.41, 5.74) is 0. The van der Waals surface area contributed by atoms with Crippen LogP contribution in [0.5, 0.6) is 0 Å². The van der Waals surface area contributed by atoms with E-state index in [1.807, 2.05) is 6.92 Å². The molecule has 5 heteroatoms. The number of carbonyl (C=O) groups is 1. The first kappa shape index (κ1) is 11.2. The van der Waals surface area contributed by atoms with Crippen molar-refractivity contribution in [2.75, 3.05) is 20.1 Å². The van der Waals surface area contributed by atoms with Gasteiger partial charge in [-0.05, 0) is 6.42 Å². The van der Waals surface area contributed by atoms with Crippen molar-refractivity contribution in [2.24, 2.45) is 0 Å². The zero-order valence-corrected chi connectivity index (χ0v) is 10.1. The highest BCUT2D eigenvalue weighted by molar-refractivity contribution is 8.02. The highest BCUT2D eigenvalue weighted by Gasteiger charge is 2.47. The van der Waals surface area contributed by atoms with Crippen LogP contribution in [0.2, 0.25) is 0 Å². The molecule has 1 amide bonds. The molecule has 86 valence electrons. The minimum Gasteiger partial charge on any atom is -0.633 e. The van der Waals surface area contributed by atoms with Crippen molar-refractivity contribution in [3.05, 3.63) is 5.21 Å². The predicted octanol–water partition coefficient (Wildman–Crippen LogP) is 1.06. The molecule has 1 atom stereocenters. The first-order chi connectivity index (χ1) is 6.96. The van der Waals surface area contributed by atoms with Gasteiger partial charge in [-0.3, -0.25) is 4.79 Å². The van der Waals surface area contributed by atoms with Crippen molar-refractivity contribution >= 4 is 17.7 Å². The molecule has 0 radical (unpaired) electrons. The van der Waals surface area contributed by atoms with E-state index >= 15 is 0 Å². The maximum Gasteiger partial charge on any atom is 0.234 e. The Labute approximate surface area is 94.6 Å². The van der Waals surface area contributed by atoms with Crippen LogP contribution < -0.4 is 5.32 Å². The molecule has 0 bridgehead atoms. The minimum atomic E-state index is -0.158. The number of hydroxylamine groups is 3. The fourth-order valence-corrected chi connectivity index (χ4v) is 3.70. The molecule has 0 saturated carbocycles. The van der Waals surface area contributed by atoms with Crippen LogP contribution in [0.25, 0.3) is 0 Å². The third-order valence-corrected chi connectivity index (χ3v) is 5.15. The lowest BCUT2D eigenvalue weighted by atomic mass is 10.0. The van der Waals surface area contributed by atoms with Crippen LogP contribution >= 0.6 is 11.8 Å². The highest BCUT2D eigenvalue weighted by atomic mass is 32.2. The highest BCUT2D eigenvalue weighted by Crippen LogP contribution is 2.43. The quantitative estimate of drug-likeness (QED) is 0.541. The molecule has 15 heavy (non-hydrogen) atoms. The Morgan fingerprint density at radius 1 is 1.60 bits per heavy atom. The number of thioether (sulfide) groups is 1. The molecule has 2 aliphatic heterocycles. The number of amides is 1. The Morgan fingerprint density at radius 3 is 2.67 bits per heavy atom. The molecule has 2 rings (SSSR count). The molecule has 0 aromatic heterocycles. The van der Waals surface area contributed by atoms with Gasteiger partial charge in [-0.25, -0.2) is 0 Å². The van der Waals surface area contributed by atoms with Crippen molar-refractivity contribution in [2.45, 2.75) is 36.3 Å². The van der Waals surface area contributed by atoms with E-state index in [1.165, 1.54) is 0 Å². The van der Waals surface area contributed by atoms with Gasteiger partial charge in [-0.1, -0.05) is 6.92 Å². The summed E-state index contributed by atoms with van der Waals surface area (Å²) in [6.45, 7) is 3.26. The summed E-state index contributed by atoms with van der Waals surface area (Å²) in [4.78, 5) is 11.5. The van der Waals surface area contributed by atoms with E-state index in [4.69, 9.17) is 0 Å². The van der Waals surface area contributed by atoms with Crippen LogP contribution in [-0.2, 0) is 4.79 Å². The average molecular weight is 230 g/mol. The van der Waals surface area contributed by atoms with E-state index < -0.39 is 0 Å². The van der Waals surface area contributed by atoms with Crippen LogP contribution in [0.15, 0.2) is 0 Å². The molecular formula is C10H18N2O2S. The van der Waals surface area contributed by atoms with E-state index in [9.17, 15) is 10.0 Å². The van der Waals surface area contributed by atoms with Gasteiger partial charge in [0.05, 0.1) is 30.3 Å². The topological polar surface area (TPSA) is 52.2 Å². The van der Waals surface area contributed by atoms with E-state index in [0.717, 1.165) is 19.3 Å². The Hall–Kier alpha value is -0.260. The molecule has 0 aromatic rings. The lowest BCUT2D eigenvalue weighted by Crippen LogP contribution is -2.54. The Morgan fingerprint density at radius 2 is 2.20 bits per heavy atom. The summed E-state index contributed by atoms with van der Waals surface area (Å²) in [6.07, 6.45) is 2.49. The number of rotatable bonds is 1. The number of likely N-dealkylation sites (tertiary alicyclic amines) is 1. The number of nitrogens with one attached hydrogen (secondary N) is 1. The third kappa shape index (κ3) is 2.14. The monoisotopic (exact) mass is 230 g/mol. The summed E-state index contributed by atoms with van der Waals surface area (Å²) >= 11 is 1.73. The summed E-state index contributed by atoms with van der Waals surface area (Å²) in [5, 5.41) is 14.9. The van der Waals surface area contributed by atoms with Crippen molar-refractivity contribution in [1.82, 2.24) is 5.32 Å². The van der Waals surface area contributed by atoms with E-state index in [-0.39, 0.29) is 20.7 Å². The molecular weight excluding hydrogens is 212 g/mol. The standard InChI is InChI=1S/C10H18N2O2S/c1-3-8-9(13)11-10(15-8)4-6-12(2,14)7-5-10/h8H,3-7H2,1-2H3,(H,11,13)/t8-,10?,12?/m0/s1. The van der Waals surface area contributed by atoms with E-state index in [1.54, 1.807) is 18.8 Å². The summed E-state index contributed by atoms with van der Waals surface area (Å²) < 4.78 is -0.158. The van der Waals surface area contributed by atoms with Gasteiger partial charge >= 0.3 is 0 Å². The number of hydrogen-bond donors (Lipinski definition) is 1. The molecule has 0 unspecified atom stereocenters. The second-order valence-corrected chi connectivity index (χ2v) is 6.33. The summed E-state index contributed by atoms with van der Waals surface area (Å²) in [5.74, 6) is 0.157. The van der Waals surface area contributed by atoms with Crippen molar-refractivity contribution in [1.29, 1.82) is 0 Å². The SMILES string of the molecule is CC[C@@H]1SC2(CC[N+](C)([O-])CC2)NC1=O. The molecule has 2 heterocycles. The molecule has 2 aliphatic rings. The summed E-state index contributed by atoms with van der Waals surface area (Å²) in [6, 6.07) is 0. The fraction of sp³-hybridized carbons (Fsp3) is 0.900. The van der Waals surface area contributed by atoms with Crippen molar-refractivity contribution < 1.29 is 9.44 Å². The second kappa shape index (κ2) is 3.64. The lowest BCUT2D eigenvalue weighted by Gasteiger charge is -2.47. The van der Waals surface area contributed by atoms with Crippen LogP contribution in [0.4, 0.5) is 0 Å². The molecule has 0 aromatic carbocycles. The van der Waals surface area contributed by atoms with Gasteiger partial charge in [0.15, 0.2) is 0 Å². The van der Waals surface area contributed by atoms with Crippen molar-refractivity contribution in [3.8, 4) is 0 Å². The number of piperidine rings is 1. The van der Waals surface area contributed by atoms with Crippen LogP contribution in [0, 0.1) is 5.21 Å². The first-order valence-corrected chi connectivity index (χ1v) is 6.40. The molecule has 2 saturated heterocycles. The first-order valence-electron chi connectivity index (χ1n) is 5.52. The van der Waals surface area contributed by atoms with Gasteiger partial charge in [0.25, 0.3) is 0 Å². The van der Waals surface area contributed by atoms with Crippen molar-refractivity contribution in [3.63, 3.8) is 0 Å². The Bertz CT molecular complexity index is 271. The number of carbonyl (C=O) groups excluding carboxylic acids is 1. The number of nitrogens with zero attached hydrogens (tertiary/aromatic N) is 1. The number of hydrogen-bond acceptors (Lipinski definition) is 3. The zero-order chi connectivity index (χ0) is 11.1. The number of quaternary nitrogens is 1. The van der Waals surface area contributed by atoms with Gasteiger partial charge in [-0.15, -0.1) is 11.8 Å². The molecule has 2 fully saturated rings. The van der Waals surface area contributed by atoms with E-state index in [0.29, 0.717) is 13.1 Å². The largest absolute Gasteiger partial charge is 0.633 e. The predicted molar refractivity (Wildman–Crippen MR) is 61.1 cm³/mol. The lowest BCUT2D eigenvalue weighted by molar-refractivity contribution is -0.866. The minimum absolute atomic E-state index is 0.0912. The van der Waals surface area contributed by atoms with Gasteiger partial charge in [0.2, 0.25) is 5.91 Å².